The predicted molar refractivity (Wildman–Crippen MR) is 86.5 cm³/mol. The molecule has 0 fully saturated rings. The van der Waals surface area contributed by atoms with E-state index in [1.165, 1.54) is 5.56 Å². The highest BCUT2D eigenvalue weighted by Gasteiger charge is 2.31. The molecular formula is C17H28N2O2. The highest BCUT2D eigenvalue weighted by atomic mass is 16.5. The summed E-state index contributed by atoms with van der Waals surface area (Å²) in [5, 5.41) is 2.98. The molecular weight excluding hydrogens is 264 g/mol. The molecule has 21 heavy (non-hydrogen) atoms. The fourth-order valence-electron chi connectivity index (χ4n) is 2.21. The van der Waals surface area contributed by atoms with E-state index in [-0.39, 0.29) is 17.4 Å². The standard InChI is InChI=1S/C17H28N2O2/c1-12(11-17(5,19-6)15(18)20)21-14-9-7-8-13(10-14)16(2,3)4/h7-10,12,19H,11H2,1-6H3,(H2,18,20). The number of carbonyl (C=O) groups is 1. The Labute approximate surface area is 128 Å². The highest BCUT2D eigenvalue weighted by Crippen LogP contribution is 2.26. The van der Waals surface area contributed by atoms with E-state index in [1.54, 1.807) is 14.0 Å². The van der Waals surface area contributed by atoms with E-state index < -0.39 is 5.54 Å². The smallest absolute Gasteiger partial charge is 0.237 e. The summed E-state index contributed by atoms with van der Waals surface area (Å²) in [5.74, 6) is 0.446. The average molecular weight is 292 g/mol. The Kier molecular flexibility index (Phi) is 5.40. The molecule has 1 aromatic rings. The first-order valence-electron chi connectivity index (χ1n) is 7.34. The molecule has 0 heterocycles. The van der Waals surface area contributed by atoms with Gasteiger partial charge in [0.05, 0.1) is 11.6 Å². The lowest BCUT2D eigenvalue weighted by molar-refractivity contribution is -0.124. The van der Waals surface area contributed by atoms with Crippen molar-refractivity contribution in [2.45, 2.75) is 58.1 Å². The van der Waals surface area contributed by atoms with Gasteiger partial charge in [-0.05, 0) is 44.0 Å². The van der Waals surface area contributed by atoms with Gasteiger partial charge in [0.1, 0.15) is 5.75 Å². The van der Waals surface area contributed by atoms with Crippen LogP contribution in [0.2, 0.25) is 0 Å². The molecule has 1 aromatic carbocycles. The summed E-state index contributed by atoms with van der Waals surface area (Å²) in [5.41, 5.74) is 5.98. The van der Waals surface area contributed by atoms with E-state index in [4.69, 9.17) is 10.5 Å². The van der Waals surface area contributed by atoms with Crippen LogP contribution >= 0.6 is 0 Å². The zero-order valence-electron chi connectivity index (χ0n) is 14.0. The molecule has 0 spiro atoms. The lowest BCUT2D eigenvalue weighted by atomic mass is 9.87. The van der Waals surface area contributed by atoms with Crippen molar-refractivity contribution in [3.63, 3.8) is 0 Å². The lowest BCUT2D eigenvalue weighted by Gasteiger charge is -2.29. The topological polar surface area (TPSA) is 64.3 Å². The summed E-state index contributed by atoms with van der Waals surface area (Å²) in [6, 6.07) is 8.08. The lowest BCUT2D eigenvalue weighted by Crippen LogP contribution is -2.53. The van der Waals surface area contributed by atoms with E-state index in [0.29, 0.717) is 6.42 Å². The number of ether oxygens (including phenoxy) is 1. The second-order valence-electron chi connectivity index (χ2n) is 6.86. The maximum Gasteiger partial charge on any atom is 0.237 e. The number of nitrogens with one attached hydrogen (secondary N) is 1. The summed E-state index contributed by atoms with van der Waals surface area (Å²) in [4.78, 5) is 11.5. The number of hydrogen-bond acceptors (Lipinski definition) is 3. The van der Waals surface area contributed by atoms with Crippen LogP contribution in [0.15, 0.2) is 24.3 Å². The zero-order valence-corrected chi connectivity index (χ0v) is 14.0. The Morgan fingerprint density at radius 2 is 1.95 bits per heavy atom. The van der Waals surface area contributed by atoms with Crippen LogP contribution in [0.25, 0.3) is 0 Å². The van der Waals surface area contributed by atoms with Crippen LogP contribution in [0.4, 0.5) is 0 Å². The molecule has 0 aliphatic rings. The maximum absolute atomic E-state index is 11.5. The summed E-state index contributed by atoms with van der Waals surface area (Å²) >= 11 is 0. The third-order valence-corrected chi connectivity index (χ3v) is 3.83. The molecule has 2 atom stereocenters. The van der Waals surface area contributed by atoms with Crippen LogP contribution in [0.3, 0.4) is 0 Å². The van der Waals surface area contributed by atoms with Gasteiger partial charge in [0, 0.05) is 6.42 Å². The van der Waals surface area contributed by atoms with Crippen LogP contribution in [0.1, 0.15) is 46.6 Å². The first-order valence-corrected chi connectivity index (χ1v) is 7.34. The van der Waals surface area contributed by atoms with Gasteiger partial charge in [-0.15, -0.1) is 0 Å². The van der Waals surface area contributed by atoms with Crippen molar-refractivity contribution in [3.8, 4) is 5.75 Å². The Morgan fingerprint density at radius 1 is 1.33 bits per heavy atom. The van der Waals surface area contributed by atoms with E-state index in [0.717, 1.165) is 5.75 Å². The molecule has 0 saturated heterocycles. The fourth-order valence-corrected chi connectivity index (χ4v) is 2.21. The van der Waals surface area contributed by atoms with Gasteiger partial charge >= 0.3 is 0 Å². The Balaban J connectivity index is 2.80. The minimum atomic E-state index is -0.763. The predicted octanol–water partition coefficient (Wildman–Crippen LogP) is 2.60. The van der Waals surface area contributed by atoms with Crippen LogP contribution < -0.4 is 15.8 Å². The zero-order chi connectivity index (χ0) is 16.3. The average Bonchev–Trinajstić information content (AvgIpc) is 2.37. The van der Waals surface area contributed by atoms with Crippen LogP contribution in [0.5, 0.6) is 5.75 Å². The summed E-state index contributed by atoms with van der Waals surface area (Å²) in [6.45, 7) is 10.2. The first kappa shape index (κ1) is 17.5. The van der Waals surface area contributed by atoms with E-state index in [2.05, 4.69) is 38.2 Å². The molecule has 3 N–H and O–H groups in total. The Bertz CT molecular complexity index is 494. The molecule has 0 aromatic heterocycles. The first-order chi connectivity index (χ1) is 9.58. The molecule has 0 aliphatic carbocycles. The van der Waals surface area contributed by atoms with E-state index in [9.17, 15) is 4.79 Å². The summed E-state index contributed by atoms with van der Waals surface area (Å²) < 4.78 is 5.95. The number of benzene rings is 1. The van der Waals surface area contributed by atoms with Crippen molar-refractivity contribution in [1.82, 2.24) is 5.32 Å². The van der Waals surface area contributed by atoms with Crippen LogP contribution in [-0.2, 0) is 10.2 Å². The van der Waals surface area contributed by atoms with Gasteiger partial charge < -0.3 is 15.8 Å². The van der Waals surface area contributed by atoms with Gasteiger partial charge in [0.15, 0.2) is 0 Å². The molecule has 0 saturated carbocycles. The SMILES string of the molecule is CNC(C)(CC(C)Oc1cccc(C(C)(C)C)c1)C(N)=O. The molecule has 0 bridgehead atoms. The highest BCUT2D eigenvalue weighted by molar-refractivity contribution is 5.84. The van der Waals surface area contributed by atoms with Crippen molar-refractivity contribution >= 4 is 5.91 Å². The van der Waals surface area contributed by atoms with E-state index >= 15 is 0 Å². The minimum absolute atomic E-state index is 0.0787. The molecule has 1 amide bonds. The van der Waals surface area contributed by atoms with Crippen LogP contribution in [-0.4, -0.2) is 24.6 Å². The van der Waals surface area contributed by atoms with Crippen molar-refractivity contribution in [1.29, 1.82) is 0 Å². The minimum Gasteiger partial charge on any atom is -0.491 e. The van der Waals surface area contributed by atoms with Crippen LogP contribution in [0, 0.1) is 0 Å². The number of rotatable bonds is 6. The molecule has 4 heteroatoms. The fraction of sp³-hybridized carbons (Fsp3) is 0.588. The van der Waals surface area contributed by atoms with Gasteiger partial charge in [-0.3, -0.25) is 4.79 Å². The second kappa shape index (κ2) is 6.48. The van der Waals surface area contributed by atoms with Gasteiger partial charge in [-0.2, -0.15) is 0 Å². The van der Waals surface area contributed by atoms with Crippen molar-refractivity contribution in [2.75, 3.05) is 7.05 Å². The van der Waals surface area contributed by atoms with Gasteiger partial charge in [0.2, 0.25) is 5.91 Å². The molecule has 0 radical (unpaired) electrons. The third-order valence-electron chi connectivity index (χ3n) is 3.83. The largest absolute Gasteiger partial charge is 0.491 e. The van der Waals surface area contributed by atoms with Crippen molar-refractivity contribution in [2.24, 2.45) is 5.73 Å². The summed E-state index contributed by atoms with van der Waals surface area (Å²) in [7, 11) is 1.73. The quantitative estimate of drug-likeness (QED) is 0.847. The summed E-state index contributed by atoms with van der Waals surface area (Å²) in [6.07, 6.45) is 0.392. The number of likely N-dealkylation sites (N-methyl/N-ethyl adjacent to an activating group) is 1. The number of primary amides is 1. The molecule has 118 valence electrons. The molecule has 0 aliphatic heterocycles. The number of nitrogens with two attached hydrogens (primary N) is 1. The Morgan fingerprint density at radius 3 is 2.43 bits per heavy atom. The number of hydrogen-bond donors (Lipinski definition) is 2. The molecule has 4 nitrogen and oxygen atoms in total. The number of amides is 1. The number of carbonyl (C=O) groups excluding carboxylic acids is 1. The van der Waals surface area contributed by atoms with Crippen molar-refractivity contribution < 1.29 is 9.53 Å². The van der Waals surface area contributed by atoms with Crippen molar-refractivity contribution in [3.05, 3.63) is 29.8 Å². The Hall–Kier alpha value is -1.55. The van der Waals surface area contributed by atoms with Gasteiger partial charge in [0.25, 0.3) is 0 Å². The molecule has 2 unspecified atom stereocenters. The maximum atomic E-state index is 11.5. The molecule has 1 rings (SSSR count). The third kappa shape index (κ3) is 4.74. The van der Waals surface area contributed by atoms with Gasteiger partial charge in [-0.25, -0.2) is 0 Å². The van der Waals surface area contributed by atoms with E-state index in [1.807, 2.05) is 19.1 Å². The normalized spacial score (nSPS) is 16.1. The van der Waals surface area contributed by atoms with Gasteiger partial charge in [-0.1, -0.05) is 32.9 Å². The second-order valence-corrected chi connectivity index (χ2v) is 6.86. The monoisotopic (exact) mass is 292 g/mol.